The van der Waals surface area contributed by atoms with Gasteiger partial charge in [0.1, 0.15) is 0 Å². The molecule has 0 radical (unpaired) electrons. The first-order valence-electron chi connectivity index (χ1n) is 4.44. The Bertz CT molecular complexity index is 214. The molecule has 0 saturated carbocycles. The molecule has 0 spiro atoms. The molecule has 1 aliphatic rings. The highest BCUT2D eigenvalue weighted by Crippen LogP contribution is 2.13. The van der Waals surface area contributed by atoms with E-state index < -0.39 is 0 Å². The highest BCUT2D eigenvalue weighted by molar-refractivity contribution is 7.08. The van der Waals surface area contributed by atoms with Crippen LogP contribution < -0.4 is 10.6 Å². The molecule has 2 nitrogen and oxygen atoms in total. The standard InChI is InChI=1S/C9H14N2S/c1-2-8(10-4-1)6-11-9-3-5-12-7-9/h3,5,7-8,10-11H,1-2,4,6H2. The van der Waals surface area contributed by atoms with Crippen LogP contribution in [0.3, 0.4) is 0 Å². The molecule has 0 amide bonds. The highest BCUT2D eigenvalue weighted by atomic mass is 32.1. The van der Waals surface area contributed by atoms with Crippen LogP contribution in [0.5, 0.6) is 0 Å². The van der Waals surface area contributed by atoms with Crippen molar-refractivity contribution in [2.45, 2.75) is 18.9 Å². The third-order valence-electron chi connectivity index (χ3n) is 2.24. The van der Waals surface area contributed by atoms with Crippen molar-refractivity contribution in [2.75, 3.05) is 18.4 Å². The summed E-state index contributed by atoms with van der Waals surface area (Å²) in [5.41, 5.74) is 1.26. The first-order valence-corrected chi connectivity index (χ1v) is 5.39. The Morgan fingerprint density at radius 3 is 3.33 bits per heavy atom. The fraction of sp³-hybridized carbons (Fsp3) is 0.556. The van der Waals surface area contributed by atoms with E-state index in [0.29, 0.717) is 6.04 Å². The number of anilines is 1. The van der Waals surface area contributed by atoms with Crippen LogP contribution >= 0.6 is 11.3 Å². The van der Waals surface area contributed by atoms with Crippen molar-refractivity contribution in [3.05, 3.63) is 16.8 Å². The lowest BCUT2D eigenvalue weighted by Gasteiger charge is -2.10. The van der Waals surface area contributed by atoms with Crippen LogP contribution in [0.2, 0.25) is 0 Å². The quantitative estimate of drug-likeness (QED) is 0.746. The second-order valence-electron chi connectivity index (χ2n) is 3.19. The maximum Gasteiger partial charge on any atom is 0.0449 e. The Kier molecular flexibility index (Phi) is 2.64. The molecular formula is C9H14N2S. The molecular weight excluding hydrogens is 168 g/mol. The van der Waals surface area contributed by atoms with Crippen molar-refractivity contribution < 1.29 is 0 Å². The molecule has 1 atom stereocenters. The van der Waals surface area contributed by atoms with Gasteiger partial charge in [-0.15, -0.1) is 0 Å². The van der Waals surface area contributed by atoms with Crippen LogP contribution in [0.15, 0.2) is 16.8 Å². The van der Waals surface area contributed by atoms with Crippen molar-refractivity contribution >= 4 is 17.0 Å². The van der Waals surface area contributed by atoms with E-state index in [1.165, 1.54) is 25.1 Å². The molecule has 0 bridgehead atoms. The molecule has 1 aromatic rings. The van der Waals surface area contributed by atoms with Crippen molar-refractivity contribution in [3.63, 3.8) is 0 Å². The molecule has 1 unspecified atom stereocenters. The van der Waals surface area contributed by atoms with Crippen LogP contribution in [0.1, 0.15) is 12.8 Å². The fourth-order valence-electron chi connectivity index (χ4n) is 1.54. The van der Waals surface area contributed by atoms with E-state index in [0.717, 1.165) is 6.54 Å². The average Bonchev–Trinajstić information content (AvgIpc) is 2.74. The van der Waals surface area contributed by atoms with E-state index >= 15 is 0 Å². The van der Waals surface area contributed by atoms with Gasteiger partial charge >= 0.3 is 0 Å². The van der Waals surface area contributed by atoms with Crippen molar-refractivity contribution in [1.29, 1.82) is 0 Å². The molecule has 2 N–H and O–H groups in total. The SMILES string of the molecule is c1cc(NCC2CCCN2)cs1. The van der Waals surface area contributed by atoms with Crippen LogP contribution in [0, 0.1) is 0 Å². The summed E-state index contributed by atoms with van der Waals surface area (Å²) in [5, 5.41) is 11.1. The van der Waals surface area contributed by atoms with Crippen LogP contribution in [0.4, 0.5) is 5.69 Å². The largest absolute Gasteiger partial charge is 0.383 e. The Labute approximate surface area is 77.0 Å². The van der Waals surface area contributed by atoms with Gasteiger partial charge in [0.15, 0.2) is 0 Å². The summed E-state index contributed by atoms with van der Waals surface area (Å²) in [7, 11) is 0. The molecule has 1 aliphatic heterocycles. The zero-order valence-electron chi connectivity index (χ0n) is 7.05. The fourth-order valence-corrected chi connectivity index (χ4v) is 2.15. The van der Waals surface area contributed by atoms with Gasteiger partial charge in [-0.3, -0.25) is 0 Å². The Morgan fingerprint density at radius 1 is 1.67 bits per heavy atom. The summed E-state index contributed by atoms with van der Waals surface area (Å²) in [6.45, 7) is 2.26. The molecule has 0 aromatic carbocycles. The second kappa shape index (κ2) is 3.92. The minimum absolute atomic E-state index is 0.685. The lowest BCUT2D eigenvalue weighted by molar-refractivity contribution is 0.634. The second-order valence-corrected chi connectivity index (χ2v) is 3.97. The number of rotatable bonds is 3. The summed E-state index contributed by atoms with van der Waals surface area (Å²) in [4.78, 5) is 0. The van der Waals surface area contributed by atoms with Crippen LogP contribution in [-0.2, 0) is 0 Å². The lowest BCUT2D eigenvalue weighted by Crippen LogP contribution is -2.29. The number of hydrogen-bond acceptors (Lipinski definition) is 3. The Balaban J connectivity index is 1.74. The van der Waals surface area contributed by atoms with E-state index in [1.54, 1.807) is 11.3 Å². The maximum absolute atomic E-state index is 3.46. The van der Waals surface area contributed by atoms with Gasteiger partial charge in [0.2, 0.25) is 0 Å². The van der Waals surface area contributed by atoms with Gasteiger partial charge < -0.3 is 10.6 Å². The molecule has 0 aliphatic carbocycles. The highest BCUT2D eigenvalue weighted by Gasteiger charge is 2.12. The summed E-state index contributed by atoms with van der Waals surface area (Å²) in [6.07, 6.45) is 2.65. The predicted molar refractivity (Wildman–Crippen MR) is 53.8 cm³/mol. The summed E-state index contributed by atoms with van der Waals surface area (Å²) >= 11 is 1.74. The number of thiophene rings is 1. The lowest BCUT2D eigenvalue weighted by atomic mass is 10.2. The normalized spacial score (nSPS) is 22.8. The summed E-state index contributed by atoms with van der Waals surface area (Å²) in [5.74, 6) is 0. The van der Waals surface area contributed by atoms with Crippen molar-refractivity contribution in [2.24, 2.45) is 0 Å². The molecule has 2 rings (SSSR count). The molecule has 2 heterocycles. The first-order chi connectivity index (χ1) is 5.95. The summed E-state index contributed by atoms with van der Waals surface area (Å²) in [6, 6.07) is 2.81. The van der Waals surface area contributed by atoms with Gasteiger partial charge in [0, 0.05) is 23.7 Å². The van der Waals surface area contributed by atoms with Gasteiger partial charge in [-0.05, 0) is 30.8 Å². The number of nitrogens with one attached hydrogen (secondary N) is 2. The topological polar surface area (TPSA) is 24.1 Å². The van der Waals surface area contributed by atoms with E-state index in [1.807, 2.05) is 0 Å². The van der Waals surface area contributed by atoms with E-state index in [9.17, 15) is 0 Å². The van der Waals surface area contributed by atoms with Crippen molar-refractivity contribution in [1.82, 2.24) is 5.32 Å². The van der Waals surface area contributed by atoms with Crippen LogP contribution in [-0.4, -0.2) is 19.1 Å². The molecule has 1 saturated heterocycles. The molecule has 1 fully saturated rings. The third kappa shape index (κ3) is 1.99. The van der Waals surface area contributed by atoms with Gasteiger partial charge in [0.25, 0.3) is 0 Å². The third-order valence-corrected chi connectivity index (χ3v) is 2.92. The average molecular weight is 182 g/mol. The first kappa shape index (κ1) is 8.08. The van der Waals surface area contributed by atoms with Gasteiger partial charge in [-0.2, -0.15) is 11.3 Å². The Morgan fingerprint density at radius 2 is 2.67 bits per heavy atom. The van der Waals surface area contributed by atoms with E-state index in [2.05, 4.69) is 27.5 Å². The monoisotopic (exact) mass is 182 g/mol. The van der Waals surface area contributed by atoms with Gasteiger partial charge in [0.05, 0.1) is 0 Å². The summed E-state index contributed by atoms with van der Waals surface area (Å²) < 4.78 is 0. The zero-order chi connectivity index (χ0) is 8.23. The Hall–Kier alpha value is -0.540. The maximum atomic E-state index is 3.46. The zero-order valence-corrected chi connectivity index (χ0v) is 7.86. The molecule has 66 valence electrons. The molecule has 1 aromatic heterocycles. The smallest absolute Gasteiger partial charge is 0.0449 e. The minimum Gasteiger partial charge on any atom is -0.383 e. The van der Waals surface area contributed by atoms with E-state index in [-0.39, 0.29) is 0 Å². The molecule has 3 heteroatoms. The minimum atomic E-state index is 0.685. The predicted octanol–water partition coefficient (Wildman–Crippen LogP) is 1.91. The number of hydrogen-bond donors (Lipinski definition) is 2. The van der Waals surface area contributed by atoms with Crippen LogP contribution in [0.25, 0.3) is 0 Å². The molecule has 12 heavy (non-hydrogen) atoms. The van der Waals surface area contributed by atoms with Gasteiger partial charge in [-0.1, -0.05) is 0 Å². The van der Waals surface area contributed by atoms with E-state index in [4.69, 9.17) is 0 Å². The van der Waals surface area contributed by atoms with Crippen molar-refractivity contribution in [3.8, 4) is 0 Å². The van der Waals surface area contributed by atoms with Gasteiger partial charge in [-0.25, -0.2) is 0 Å².